The van der Waals surface area contributed by atoms with Crippen molar-refractivity contribution < 1.29 is 0 Å². The van der Waals surface area contributed by atoms with Crippen molar-refractivity contribution >= 4 is 11.3 Å². The maximum absolute atomic E-state index is 4.34. The third kappa shape index (κ3) is 1.49. The summed E-state index contributed by atoms with van der Waals surface area (Å²) in [6, 6.07) is 4.00. The lowest BCUT2D eigenvalue weighted by molar-refractivity contribution is 0.565. The number of rotatable bonds is 1. The number of anilines is 1. The first-order valence-electron chi connectivity index (χ1n) is 4.34. The van der Waals surface area contributed by atoms with Gasteiger partial charge in [0.2, 0.25) is 0 Å². The van der Waals surface area contributed by atoms with Crippen LogP contribution in [-0.4, -0.2) is 30.5 Å². The zero-order valence-electron chi connectivity index (χ0n) is 7.91. The second kappa shape index (κ2) is 3.09. The summed E-state index contributed by atoms with van der Waals surface area (Å²) < 4.78 is 0. The Bertz CT molecular complexity index is 342. The van der Waals surface area contributed by atoms with Crippen LogP contribution in [-0.2, 0) is 0 Å². The Morgan fingerprint density at radius 1 is 1.54 bits per heavy atom. The lowest BCUT2D eigenvalue weighted by Gasteiger charge is -2.06. The minimum Gasteiger partial charge on any atom is -0.383 e. The fraction of sp³-hybridized carbons (Fsp3) is 0.300. The molecule has 0 aliphatic carbocycles. The second-order valence-corrected chi connectivity index (χ2v) is 3.37. The molecule has 0 saturated carbocycles. The van der Waals surface area contributed by atoms with E-state index in [-0.39, 0.29) is 0 Å². The molecule has 1 N–H and O–H groups in total. The van der Waals surface area contributed by atoms with Gasteiger partial charge in [-0.2, -0.15) is 0 Å². The van der Waals surface area contributed by atoms with Crippen molar-refractivity contribution in [2.75, 3.05) is 26.0 Å². The number of fused-ring (bicyclic) bond motifs is 1. The highest BCUT2D eigenvalue weighted by atomic mass is 15.0. The van der Waals surface area contributed by atoms with E-state index in [0.29, 0.717) is 0 Å². The summed E-state index contributed by atoms with van der Waals surface area (Å²) in [7, 11) is 4.04. The van der Waals surface area contributed by atoms with Gasteiger partial charge in [-0.15, -0.1) is 0 Å². The zero-order chi connectivity index (χ0) is 9.26. The third-order valence-electron chi connectivity index (χ3n) is 2.00. The quantitative estimate of drug-likeness (QED) is 0.699. The Labute approximate surface area is 78.1 Å². The van der Waals surface area contributed by atoms with E-state index in [1.54, 1.807) is 0 Å². The molecule has 3 nitrogen and oxygen atoms in total. The molecule has 0 amide bonds. The molecule has 1 aromatic rings. The van der Waals surface area contributed by atoms with E-state index < -0.39 is 0 Å². The molecule has 0 spiro atoms. The average molecular weight is 175 g/mol. The minimum absolute atomic E-state index is 0.879. The first-order valence-corrected chi connectivity index (χ1v) is 4.34. The van der Waals surface area contributed by atoms with Crippen molar-refractivity contribution in [1.29, 1.82) is 0 Å². The predicted octanol–water partition coefficient (Wildman–Crippen LogP) is 1.41. The molecule has 68 valence electrons. The van der Waals surface area contributed by atoms with Crippen LogP contribution in [0.5, 0.6) is 0 Å². The monoisotopic (exact) mass is 175 g/mol. The number of aromatic nitrogens is 1. The molecule has 0 atom stereocenters. The number of hydrogen-bond donors (Lipinski definition) is 1. The molecule has 0 fully saturated rings. The van der Waals surface area contributed by atoms with Crippen molar-refractivity contribution in [3.05, 3.63) is 30.2 Å². The zero-order valence-corrected chi connectivity index (χ0v) is 7.91. The van der Waals surface area contributed by atoms with E-state index in [1.807, 2.05) is 31.3 Å². The van der Waals surface area contributed by atoms with Gasteiger partial charge >= 0.3 is 0 Å². The number of nitrogens with one attached hydrogen (secondary N) is 1. The van der Waals surface area contributed by atoms with Crippen molar-refractivity contribution in [1.82, 2.24) is 9.88 Å². The van der Waals surface area contributed by atoms with Gasteiger partial charge in [-0.05, 0) is 12.1 Å². The standard InChI is InChI=1S/C10H13N3/c1-13(2)7-8-6-12-9-4-3-5-11-10(8)9/h3-5,7,12H,6H2,1-2H3. The Balaban J connectivity index is 2.38. The largest absolute Gasteiger partial charge is 0.383 e. The van der Waals surface area contributed by atoms with Crippen LogP contribution in [0.1, 0.15) is 5.69 Å². The SMILES string of the molecule is CN(C)C=C1CNc2cccnc21. The topological polar surface area (TPSA) is 28.2 Å². The number of hydrogen-bond acceptors (Lipinski definition) is 3. The third-order valence-corrected chi connectivity index (χ3v) is 2.00. The molecule has 2 rings (SSSR count). The highest BCUT2D eigenvalue weighted by Gasteiger charge is 2.15. The van der Waals surface area contributed by atoms with Gasteiger partial charge < -0.3 is 10.2 Å². The molecular weight excluding hydrogens is 162 g/mol. The van der Waals surface area contributed by atoms with Crippen LogP contribution in [0.3, 0.4) is 0 Å². The summed E-state index contributed by atoms with van der Waals surface area (Å²) in [4.78, 5) is 6.38. The molecule has 1 aromatic heterocycles. The van der Waals surface area contributed by atoms with Crippen LogP contribution >= 0.6 is 0 Å². The Hall–Kier alpha value is -1.51. The van der Waals surface area contributed by atoms with Gasteiger partial charge in [-0.3, -0.25) is 4.98 Å². The molecule has 0 unspecified atom stereocenters. The maximum atomic E-state index is 4.34. The fourth-order valence-electron chi connectivity index (χ4n) is 1.50. The van der Waals surface area contributed by atoms with E-state index in [9.17, 15) is 0 Å². The van der Waals surface area contributed by atoms with Crippen molar-refractivity contribution in [3.63, 3.8) is 0 Å². The van der Waals surface area contributed by atoms with Gasteiger partial charge in [-0.25, -0.2) is 0 Å². The molecule has 1 aliphatic heterocycles. The van der Waals surface area contributed by atoms with Crippen LogP contribution < -0.4 is 5.32 Å². The van der Waals surface area contributed by atoms with Gasteiger partial charge in [0.1, 0.15) is 0 Å². The van der Waals surface area contributed by atoms with Gasteiger partial charge in [0.25, 0.3) is 0 Å². The Morgan fingerprint density at radius 3 is 3.15 bits per heavy atom. The molecule has 1 aliphatic rings. The van der Waals surface area contributed by atoms with Gasteiger partial charge in [0.15, 0.2) is 0 Å². The van der Waals surface area contributed by atoms with E-state index in [4.69, 9.17) is 0 Å². The fourth-order valence-corrected chi connectivity index (χ4v) is 1.50. The average Bonchev–Trinajstić information content (AvgIpc) is 2.48. The summed E-state index contributed by atoms with van der Waals surface area (Å²) in [5.74, 6) is 0. The van der Waals surface area contributed by atoms with E-state index in [1.165, 1.54) is 5.57 Å². The van der Waals surface area contributed by atoms with E-state index in [2.05, 4.69) is 22.6 Å². The summed E-state index contributed by atoms with van der Waals surface area (Å²) in [5.41, 5.74) is 3.47. The molecule has 13 heavy (non-hydrogen) atoms. The van der Waals surface area contributed by atoms with Crippen molar-refractivity contribution in [3.8, 4) is 0 Å². The molecular formula is C10H13N3. The van der Waals surface area contributed by atoms with Gasteiger partial charge in [0, 0.05) is 38.6 Å². The van der Waals surface area contributed by atoms with Gasteiger partial charge in [0.05, 0.1) is 11.4 Å². The lowest BCUT2D eigenvalue weighted by atomic mass is 10.2. The second-order valence-electron chi connectivity index (χ2n) is 3.37. The molecule has 2 heterocycles. The van der Waals surface area contributed by atoms with E-state index in [0.717, 1.165) is 17.9 Å². The molecule has 3 heteroatoms. The predicted molar refractivity (Wildman–Crippen MR) is 54.4 cm³/mol. The smallest absolute Gasteiger partial charge is 0.0925 e. The summed E-state index contributed by atoms with van der Waals surface area (Å²) in [5, 5.41) is 3.30. The van der Waals surface area contributed by atoms with Crippen LogP contribution in [0.4, 0.5) is 5.69 Å². The highest BCUT2D eigenvalue weighted by molar-refractivity contribution is 5.81. The lowest BCUT2D eigenvalue weighted by Crippen LogP contribution is -2.03. The normalized spacial score (nSPS) is 16.9. The Morgan fingerprint density at radius 2 is 2.38 bits per heavy atom. The number of nitrogens with zero attached hydrogens (tertiary/aromatic N) is 2. The summed E-state index contributed by atoms with van der Waals surface area (Å²) in [6.07, 6.45) is 3.93. The molecule has 0 radical (unpaired) electrons. The first kappa shape index (κ1) is 8.10. The molecule has 0 bridgehead atoms. The first-order chi connectivity index (χ1) is 6.27. The van der Waals surface area contributed by atoms with Crippen LogP contribution in [0.2, 0.25) is 0 Å². The van der Waals surface area contributed by atoms with E-state index >= 15 is 0 Å². The molecule has 0 saturated heterocycles. The number of pyridine rings is 1. The maximum Gasteiger partial charge on any atom is 0.0925 e. The Kier molecular flexibility index (Phi) is 1.93. The van der Waals surface area contributed by atoms with Crippen LogP contribution in [0, 0.1) is 0 Å². The van der Waals surface area contributed by atoms with Crippen LogP contribution in [0.25, 0.3) is 5.57 Å². The highest BCUT2D eigenvalue weighted by Crippen LogP contribution is 2.27. The van der Waals surface area contributed by atoms with Gasteiger partial charge in [-0.1, -0.05) is 0 Å². The minimum atomic E-state index is 0.879. The van der Waals surface area contributed by atoms with Crippen molar-refractivity contribution in [2.24, 2.45) is 0 Å². The summed E-state index contributed by atoms with van der Waals surface area (Å²) >= 11 is 0. The summed E-state index contributed by atoms with van der Waals surface area (Å²) in [6.45, 7) is 0.879. The van der Waals surface area contributed by atoms with Crippen LogP contribution in [0.15, 0.2) is 24.5 Å². The van der Waals surface area contributed by atoms with Crippen molar-refractivity contribution in [2.45, 2.75) is 0 Å². The molecule has 0 aromatic carbocycles.